The summed E-state index contributed by atoms with van der Waals surface area (Å²) in [4.78, 5) is 14.4. The number of rotatable bonds is 9. The maximum atomic E-state index is 12.3. The molecule has 0 spiro atoms. The Morgan fingerprint density at radius 2 is 1.24 bits per heavy atom. The molecule has 0 aliphatic carbocycles. The molecule has 0 saturated heterocycles. The summed E-state index contributed by atoms with van der Waals surface area (Å²) in [5.74, 6) is -0.0222. The van der Waals surface area contributed by atoms with Gasteiger partial charge >= 0.3 is 5.97 Å². The molecule has 5 aromatic rings. The van der Waals surface area contributed by atoms with Crippen LogP contribution in [-0.4, -0.2) is 44.5 Å². The first-order valence-corrected chi connectivity index (χ1v) is 16.4. The topological polar surface area (TPSA) is 83.9 Å². The number of benzene rings is 5. The van der Waals surface area contributed by atoms with E-state index >= 15 is 0 Å². The number of fused-ring (bicyclic) bond motifs is 1. The largest absolute Gasteiger partial charge is 0.453 e. The Balaban J connectivity index is 0.000000291. The summed E-state index contributed by atoms with van der Waals surface area (Å²) in [7, 11) is 0.00971. The van der Waals surface area contributed by atoms with E-state index in [1.807, 2.05) is 97.9 Å². The molecule has 0 fully saturated rings. The number of nitrogens with zero attached hydrogens (tertiary/aromatic N) is 1. The molecule has 46 heavy (non-hydrogen) atoms. The molecule has 0 aliphatic heterocycles. The minimum absolute atomic E-state index is 0. The van der Waals surface area contributed by atoms with Crippen LogP contribution in [0.4, 0.5) is 0 Å². The van der Waals surface area contributed by atoms with Gasteiger partial charge in [0.25, 0.3) is 10.1 Å². The second-order valence-corrected chi connectivity index (χ2v) is 12.5. The number of ether oxygens (including phenoxy) is 1. The van der Waals surface area contributed by atoms with Crippen molar-refractivity contribution in [2.24, 2.45) is 5.92 Å². The van der Waals surface area contributed by atoms with Crippen molar-refractivity contribution in [3.05, 3.63) is 151 Å². The first-order valence-electron chi connectivity index (χ1n) is 15.0. The molecule has 0 radical (unpaired) electrons. The number of hydrogen-bond donors (Lipinski definition) is 1. The van der Waals surface area contributed by atoms with Crippen LogP contribution in [0.2, 0.25) is 0 Å². The van der Waals surface area contributed by atoms with Crippen LogP contribution in [0.1, 0.15) is 31.4 Å². The summed E-state index contributed by atoms with van der Waals surface area (Å²) in [6, 6.07) is 44.3. The number of halogens is 1. The average molecular weight is 662 g/mol. The first kappa shape index (κ1) is 38.2. The van der Waals surface area contributed by atoms with Crippen LogP contribution in [0.5, 0.6) is 0 Å². The minimum atomic E-state index is -4.09. The van der Waals surface area contributed by atoms with Crippen molar-refractivity contribution in [1.82, 2.24) is 4.90 Å². The molecule has 0 aromatic heterocycles. The van der Waals surface area contributed by atoms with Gasteiger partial charge < -0.3 is 9.64 Å². The van der Waals surface area contributed by atoms with E-state index in [1.54, 1.807) is 12.1 Å². The Hall–Kier alpha value is -4.01. The molecule has 0 unspecified atom stereocenters. The lowest BCUT2D eigenvalue weighted by Gasteiger charge is -2.40. The van der Waals surface area contributed by atoms with Crippen LogP contribution in [0, 0.1) is 5.92 Å². The highest BCUT2D eigenvalue weighted by Crippen LogP contribution is 2.38. The van der Waals surface area contributed by atoms with E-state index in [2.05, 4.69) is 50.2 Å². The highest BCUT2D eigenvalue weighted by atomic mass is 35.5. The van der Waals surface area contributed by atoms with Crippen molar-refractivity contribution < 1.29 is 22.5 Å². The van der Waals surface area contributed by atoms with Gasteiger partial charge in [-0.15, -0.1) is 12.4 Å². The molecular weight excluding hydrogens is 618 g/mol. The lowest BCUT2D eigenvalue weighted by Crippen LogP contribution is -2.44. The normalized spacial score (nSPS) is 12.7. The monoisotopic (exact) mass is 661 g/mol. The fourth-order valence-corrected chi connectivity index (χ4v) is 5.57. The summed E-state index contributed by atoms with van der Waals surface area (Å²) in [6.45, 7) is 4.84. The van der Waals surface area contributed by atoms with E-state index in [-0.39, 0.29) is 29.2 Å². The van der Waals surface area contributed by atoms with Crippen LogP contribution in [0.25, 0.3) is 10.8 Å². The van der Waals surface area contributed by atoms with E-state index in [0.717, 1.165) is 22.9 Å². The van der Waals surface area contributed by atoms with E-state index in [0.29, 0.717) is 12.8 Å². The van der Waals surface area contributed by atoms with Crippen LogP contribution in [0.3, 0.4) is 0 Å². The van der Waals surface area contributed by atoms with Gasteiger partial charge in [-0.2, -0.15) is 8.42 Å². The van der Waals surface area contributed by atoms with Gasteiger partial charge in [-0.3, -0.25) is 9.35 Å². The Kier molecular flexibility index (Phi) is 15.6. The highest BCUT2D eigenvalue weighted by Gasteiger charge is 2.42. The van der Waals surface area contributed by atoms with Crippen molar-refractivity contribution >= 4 is 39.3 Å². The number of esters is 1. The van der Waals surface area contributed by atoms with Crippen molar-refractivity contribution in [3.63, 3.8) is 0 Å². The van der Waals surface area contributed by atoms with Crippen molar-refractivity contribution in [3.8, 4) is 0 Å². The summed E-state index contributed by atoms with van der Waals surface area (Å²) in [5, 5.41) is 1.74. The predicted molar refractivity (Wildman–Crippen MR) is 190 cm³/mol. The van der Waals surface area contributed by atoms with E-state index in [9.17, 15) is 13.2 Å². The minimum Gasteiger partial charge on any atom is -0.453 e. The van der Waals surface area contributed by atoms with Crippen LogP contribution >= 0.6 is 12.4 Å². The molecule has 0 bridgehead atoms. The second kappa shape index (κ2) is 18.8. The molecule has 0 aliphatic rings. The molecule has 0 saturated carbocycles. The molecule has 0 heterocycles. The molecule has 244 valence electrons. The van der Waals surface area contributed by atoms with Gasteiger partial charge in [0.2, 0.25) is 0 Å². The third-order valence-corrected chi connectivity index (χ3v) is 8.13. The van der Waals surface area contributed by atoms with Gasteiger partial charge in [0.1, 0.15) is 5.60 Å². The second-order valence-electron chi connectivity index (χ2n) is 11.0. The molecule has 0 amide bonds. The van der Waals surface area contributed by atoms with Crippen molar-refractivity contribution in [2.75, 3.05) is 20.6 Å². The Labute approximate surface area is 280 Å². The molecule has 5 aromatic carbocycles. The molecule has 2 atom stereocenters. The molecule has 5 rings (SSSR count). The van der Waals surface area contributed by atoms with Gasteiger partial charge in [0.05, 0.1) is 4.90 Å². The average Bonchev–Trinajstić information content (AvgIpc) is 3.05. The fraction of sp³-hybridized carbons (Fsp3) is 0.237. The smallest absolute Gasteiger partial charge is 0.306 e. The zero-order valence-corrected chi connectivity index (χ0v) is 28.5. The molecule has 6 nitrogen and oxygen atoms in total. The zero-order valence-electron chi connectivity index (χ0n) is 26.8. The quantitative estimate of drug-likeness (QED) is 0.126. The zero-order chi connectivity index (χ0) is 32.7. The van der Waals surface area contributed by atoms with Crippen LogP contribution in [-0.2, 0) is 31.7 Å². The standard InChI is InChI=1S/C22H29NO2.C10H8O3S.C6H6.ClH/c1-5-21(24)25-22(18(2)17-23(3)4,20-14-10-7-11-15-20)16-19-12-8-6-9-13-19;11-14(12,13)10-6-5-8-3-1-2-4-9(8)7-10;1-2-4-6-5-3-1;/h6-15,18H,5,16-17H2,1-4H3;1-7H,(H,11,12,13);1-6H;1H/t18-,22+;;;/m1.../s1. The summed E-state index contributed by atoms with van der Waals surface area (Å²) < 4.78 is 36.7. The van der Waals surface area contributed by atoms with Crippen molar-refractivity contribution in [1.29, 1.82) is 0 Å². The number of hydrogen-bond acceptors (Lipinski definition) is 5. The summed E-state index contributed by atoms with van der Waals surface area (Å²) in [6.07, 6.45) is 1.04. The third kappa shape index (κ3) is 11.7. The maximum absolute atomic E-state index is 12.3. The first-order chi connectivity index (χ1) is 21.5. The van der Waals surface area contributed by atoms with Crippen LogP contribution in [0.15, 0.2) is 144 Å². The van der Waals surface area contributed by atoms with Crippen LogP contribution < -0.4 is 0 Å². The van der Waals surface area contributed by atoms with Gasteiger partial charge in [-0.05, 0) is 48.1 Å². The highest BCUT2D eigenvalue weighted by molar-refractivity contribution is 7.85. The van der Waals surface area contributed by atoms with Crippen molar-refractivity contribution in [2.45, 2.75) is 37.2 Å². The predicted octanol–water partition coefficient (Wildman–Crippen LogP) is 8.47. The van der Waals surface area contributed by atoms with E-state index < -0.39 is 15.7 Å². The maximum Gasteiger partial charge on any atom is 0.306 e. The van der Waals surface area contributed by atoms with Gasteiger partial charge in [0.15, 0.2) is 0 Å². The summed E-state index contributed by atoms with van der Waals surface area (Å²) >= 11 is 0. The lowest BCUT2D eigenvalue weighted by atomic mass is 9.77. The number of carbonyl (C=O) groups excluding carboxylic acids is 1. The Bertz CT molecular complexity index is 1670. The Morgan fingerprint density at radius 3 is 1.74 bits per heavy atom. The van der Waals surface area contributed by atoms with Gasteiger partial charge in [-0.25, -0.2) is 0 Å². The third-order valence-electron chi connectivity index (χ3n) is 7.28. The molecular formula is C38H44ClNO5S. The number of carbonyl (C=O) groups is 1. The molecule has 1 N–H and O–H groups in total. The summed E-state index contributed by atoms with van der Waals surface area (Å²) in [5.41, 5.74) is 1.54. The molecule has 8 heteroatoms. The fourth-order valence-electron chi connectivity index (χ4n) is 5.06. The van der Waals surface area contributed by atoms with Gasteiger partial charge in [0, 0.05) is 25.3 Å². The van der Waals surface area contributed by atoms with Gasteiger partial charge in [-0.1, -0.05) is 141 Å². The lowest BCUT2D eigenvalue weighted by molar-refractivity contribution is -0.168. The van der Waals surface area contributed by atoms with E-state index in [4.69, 9.17) is 9.29 Å². The van der Waals surface area contributed by atoms with E-state index in [1.165, 1.54) is 17.7 Å². The Morgan fingerprint density at radius 1 is 0.761 bits per heavy atom. The SMILES string of the molecule is CCC(=O)O[C@](Cc1ccccc1)(c1ccccc1)[C@H](C)CN(C)C.Cl.O=S(=O)(O)c1ccc2ccccc2c1.c1ccccc1.